The molecule has 0 radical (unpaired) electrons. The van der Waals surface area contributed by atoms with Crippen LogP contribution in [0, 0.1) is 19.8 Å². The maximum Gasteiger partial charge on any atom is 0.0236 e. The van der Waals surface area contributed by atoms with Gasteiger partial charge in [0.2, 0.25) is 0 Å². The molecule has 0 bridgehead atoms. The minimum Gasteiger partial charge on any atom is -0.330 e. The number of piperidine rings is 1. The van der Waals surface area contributed by atoms with Crippen LogP contribution in [-0.4, -0.2) is 24.5 Å². The number of rotatable bonds is 3. The number of hydrogen-bond donors (Lipinski definition) is 1. The molecule has 0 atom stereocenters. The minimum atomic E-state index is 0.754. The first-order chi connectivity index (χ1) is 8.20. The molecule has 1 aliphatic rings. The van der Waals surface area contributed by atoms with E-state index in [1.165, 1.54) is 42.6 Å². The second-order valence-corrected chi connectivity index (χ2v) is 5.31. The molecule has 0 amide bonds. The van der Waals surface area contributed by atoms with Crippen LogP contribution in [0.1, 0.15) is 29.5 Å². The van der Waals surface area contributed by atoms with Crippen LogP contribution in [-0.2, 0) is 6.54 Å². The van der Waals surface area contributed by atoms with Gasteiger partial charge in [-0.3, -0.25) is 4.90 Å². The molecule has 2 heteroatoms. The van der Waals surface area contributed by atoms with Crippen molar-refractivity contribution in [2.24, 2.45) is 11.7 Å². The summed E-state index contributed by atoms with van der Waals surface area (Å²) in [4.78, 5) is 2.56. The van der Waals surface area contributed by atoms with E-state index in [2.05, 4.69) is 36.9 Å². The Morgan fingerprint density at radius 2 is 1.94 bits per heavy atom. The van der Waals surface area contributed by atoms with Gasteiger partial charge in [0.05, 0.1) is 0 Å². The average Bonchev–Trinajstić information content (AvgIpc) is 2.36. The van der Waals surface area contributed by atoms with Gasteiger partial charge < -0.3 is 5.73 Å². The molecule has 1 heterocycles. The van der Waals surface area contributed by atoms with Crippen molar-refractivity contribution < 1.29 is 0 Å². The van der Waals surface area contributed by atoms with Crippen LogP contribution < -0.4 is 5.73 Å². The lowest BCUT2D eigenvalue weighted by atomic mass is 9.96. The molecule has 0 spiro atoms. The molecule has 94 valence electrons. The Morgan fingerprint density at radius 1 is 1.24 bits per heavy atom. The van der Waals surface area contributed by atoms with Crippen LogP contribution >= 0.6 is 0 Å². The van der Waals surface area contributed by atoms with E-state index in [0.717, 1.165) is 19.0 Å². The third kappa shape index (κ3) is 3.08. The fourth-order valence-electron chi connectivity index (χ4n) is 2.60. The van der Waals surface area contributed by atoms with E-state index in [-0.39, 0.29) is 0 Å². The number of likely N-dealkylation sites (tertiary alicyclic amines) is 1. The van der Waals surface area contributed by atoms with Crippen molar-refractivity contribution in [1.29, 1.82) is 0 Å². The first-order valence-corrected chi connectivity index (χ1v) is 6.68. The zero-order valence-electron chi connectivity index (χ0n) is 11.1. The van der Waals surface area contributed by atoms with Crippen LogP contribution in [0.25, 0.3) is 0 Å². The Balaban J connectivity index is 1.95. The molecule has 17 heavy (non-hydrogen) atoms. The van der Waals surface area contributed by atoms with E-state index in [1.807, 2.05) is 0 Å². The molecule has 1 saturated heterocycles. The van der Waals surface area contributed by atoms with E-state index in [9.17, 15) is 0 Å². The molecule has 2 N–H and O–H groups in total. The summed E-state index contributed by atoms with van der Waals surface area (Å²) in [6.45, 7) is 8.80. The molecule has 0 saturated carbocycles. The summed E-state index contributed by atoms with van der Waals surface area (Å²) in [5, 5.41) is 0. The number of hydrogen-bond acceptors (Lipinski definition) is 2. The number of aryl methyl sites for hydroxylation is 1. The van der Waals surface area contributed by atoms with E-state index in [1.54, 1.807) is 0 Å². The van der Waals surface area contributed by atoms with Crippen LogP contribution in [0.2, 0.25) is 0 Å². The van der Waals surface area contributed by atoms with Crippen LogP contribution in [0.3, 0.4) is 0 Å². The molecule has 2 rings (SSSR count). The Hall–Kier alpha value is -0.860. The number of nitrogens with two attached hydrogens (primary N) is 1. The van der Waals surface area contributed by atoms with E-state index in [0.29, 0.717) is 0 Å². The van der Waals surface area contributed by atoms with Gasteiger partial charge in [-0.1, -0.05) is 18.2 Å². The summed E-state index contributed by atoms with van der Waals surface area (Å²) in [6, 6.07) is 6.63. The minimum absolute atomic E-state index is 0.754. The second-order valence-electron chi connectivity index (χ2n) is 5.31. The highest BCUT2D eigenvalue weighted by Gasteiger charge is 2.18. The normalized spacial score (nSPS) is 18.5. The smallest absolute Gasteiger partial charge is 0.0236 e. The third-order valence-electron chi connectivity index (χ3n) is 4.15. The third-order valence-corrected chi connectivity index (χ3v) is 4.15. The molecule has 2 nitrogen and oxygen atoms in total. The molecule has 1 aromatic carbocycles. The lowest BCUT2D eigenvalue weighted by Crippen LogP contribution is -2.35. The molecular weight excluding hydrogens is 208 g/mol. The Morgan fingerprint density at radius 3 is 2.59 bits per heavy atom. The van der Waals surface area contributed by atoms with E-state index in [4.69, 9.17) is 5.73 Å². The molecular formula is C15H24N2. The summed E-state index contributed by atoms with van der Waals surface area (Å²) in [5.74, 6) is 0.754. The van der Waals surface area contributed by atoms with E-state index < -0.39 is 0 Å². The van der Waals surface area contributed by atoms with Crippen LogP contribution in [0.5, 0.6) is 0 Å². The van der Waals surface area contributed by atoms with Gasteiger partial charge in [0.25, 0.3) is 0 Å². The summed E-state index contributed by atoms with van der Waals surface area (Å²) in [5.41, 5.74) is 10.1. The van der Waals surface area contributed by atoms with Crippen molar-refractivity contribution in [3.63, 3.8) is 0 Å². The summed E-state index contributed by atoms with van der Waals surface area (Å²) in [7, 11) is 0. The molecule has 1 fully saturated rings. The van der Waals surface area contributed by atoms with Gasteiger partial charge in [0, 0.05) is 6.54 Å². The summed E-state index contributed by atoms with van der Waals surface area (Å²) in [6.07, 6.45) is 2.53. The predicted molar refractivity (Wildman–Crippen MR) is 73.0 cm³/mol. The van der Waals surface area contributed by atoms with Crippen molar-refractivity contribution >= 4 is 0 Å². The first-order valence-electron chi connectivity index (χ1n) is 6.68. The van der Waals surface area contributed by atoms with Gasteiger partial charge in [0.15, 0.2) is 0 Å². The second kappa shape index (κ2) is 5.65. The van der Waals surface area contributed by atoms with Crippen LogP contribution in [0.15, 0.2) is 18.2 Å². The Kier molecular flexibility index (Phi) is 4.19. The van der Waals surface area contributed by atoms with Gasteiger partial charge in [-0.25, -0.2) is 0 Å². The fourth-order valence-corrected chi connectivity index (χ4v) is 2.60. The van der Waals surface area contributed by atoms with Crippen molar-refractivity contribution in [2.75, 3.05) is 19.6 Å². The number of nitrogens with zero attached hydrogens (tertiary/aromatic N) is 1. The Bertz CT molecular complexity index is 365. The van der Waals surface area contributed by atoms with Crippen LogP contribution in [0.4, 0.5) is 0 Å². The Labute approximate surface area is 105 Å². The number of benzene rings is 1. The molecule has 0 aliphatic carbocycles. The zero-order chi connectivity index (χ0) is 12.3. The van der Waals surface area contributed by atoms with E-state index >= 15 is 0 Å². The maximum atomic E-state index is 5.73. The standard InChI is InChI=1S/C15H24N2/c1-12-4-3-5-15(13(12)2)11-17-8-6-14(10-16)7-9-17/h3-5,14H,6-11,16H2,1-2H3. The average molecular weight is 232 g/mol. The lowest BCUT2D eigenvalue weighted by Gasteiger charge is -2.31. The first kappa shape index (κ1) is 12.6. The molecule has 1 aromatic rings. The predicted octanol–water partition coefficient (Wildman–Crippen LogP) is 2.47. The lowest BCUT2D eigenvalue weighted by molar-refractivity contribution is 0.180. The SMILES string of the molecule is Cc1cccc(CN2CCC(CN)CC2)c1C. The zero-order valence-corrected chi connectivity index (χ0v) is 11.1. The van der Waals surface area contributed by atoms with Crippen molar-refractivity contribution in [2.45, 2.75) is 33.2 Å². The van der Waals surface area contributed by atoms with Crippen molar-refractivity contribution in [3.05, 3.63) is 34.9 Å². The fraction of sp³-hybridized carbons (Fsp3) is 0.600. The van der Waals surface area contributed by atoms with Gasteiger partial charge in [0.1, 0.15) is 0 Å². The molecule has 0 unspecified atom stereocenters. The van der Waals surface area contributed by atoms with Gasteiger partial charge >= 0.3 is 0 Å². The summed E-state index contributed by atoms with van der Waals surface area (Å²) >= 11 is 0. The quantitative estimate of drug-likeness (QED) is 0.867. The largest absolute Gasteiger partial charge is 0.330 e. The highest BCUT2D eigenvalue weighted by Crippen LogP contribution is 2.20. The highest BCUT2D eigenvalue weighted by atomic mass is 15.1. The maximum absolute atomic E-state index is 5.73. The summed E-state index contributed by atoms with van der Waals surface area (Å²) < 4.78 is 0. The van der Waals surface area contributed by atoms with Gasteiger partial charge in [-0.2, -0.15) is 0 Å². The molecule has 0 aromatic heterocycles. The van der Waals surface area contributed by atoms with Crippen molar-refractivity contribution in [3.8, 4) is 0 Å². The van der Waals surface area contributed by atoms with Gasteiger partial charge in [-0.05, 0) is 68.9 Å². The monoisotopic (exact) mass is 232 g/mol. The molecule has 1 aliphatic heterocycles. The topological polar surface area (TPSA) is 29.3 Å². The highest BCUT2D eigenvalue weighted by molar-refractivity contribution is 5.33. The van der Waals surface area contributed by atoms with Crippen molar-refractivity contribution in [1.82, 2.24) is 4.90 Å². The van der Waals surface area contributed by atoms with Gasteiger partial charge in [-0.15, -0.1) is 0 Å².